The lowest BCUT2D eigenvalue weighted by atomic mass is 10.0. The Balaban J connectivity index is 1.79. The normalized spacial score (nSPS) is 20.4. The summed E-state index contributed by atoms with van der Waals surface area (Å²) in [7, 11) is 0. The Hall–Kier alpha value is -0.580. The van der Waals surface area contributed by atoms with Crippen LogP contribution in [0.4, 0.5) is 0 Å². The first-order valence-electron chi connectivity index (χ1n) is 6.94. The number of halogens is 1. The Morgan fingerprint density at radius 3 is 3.05 bits per heavy atom. The number of rotatable bonds is 6. The van der Waals surface area contributed by atoms with Crippen LogP contribution in [-0.2, 0) is 4.79 Å². The maximum Gasteiger partial charge on any atom is 0.220 e. The molecular formula is C14H21ClN2OS. The topological polar surface area (TPSA) is 41.1 Å². The minimum absolute atomic E-state index is 0.103. The zero-order chi connectivity index (χ0) is 13.7. The van der Waals surface area contributed by atoms with E-state index in [1.165, 1.54) is 6.42 Å². The zero-order valence-corrected chi connectivity index (χ0v) is 12.8. The second-order valence-corrected chi connectivity index (χ2v) is 6.81. The molecule has 1 aromatic rings. The summed E-state index contributed by atoms with van der Waals surface area (Å²) in [6, 6.07) is 4.00. The highest BCUT2D eigenvalue weighted by atomic mass is 35.5. The van der Waals surface area contributed by atoms with Crippen molar-refractivity contribution in [3.8, 4) is 0 Å². The zero-order valence-electron chi connectivity index (χ0n) is 11.2. The van der Waals surface area contributed by atoms with Gasteiger partial charge in [-0.2, -0.15) is 0 Å². The molecule has 2 rings (SSSR count). The van der Waals surface area contributed by atoms with Crippen molar-refractivity contribution in [2.75, 3.05) is 13.1 Å². The summed E-state index contributed by atoms with van der Waals surface area (Å²) in [5.41, 5.74) is 0. The second kappa shape index (κ2) is 7.27. The maximum atomic E-state index is 12.0. The fourth-order valence-corrected chi connectivity index (χ4v) is 3.65. The molecule has 2 heterocycles. The van der Waals surface area contributed by atoms with Crippen molar-refractivity contribution in [2.24, 2.45) is 5.92 Å². The summed E-state index contributed by atoms with van der Waals surface area (Å²) in [4.78, 5) is 13.1. The van der Waals surface area contributed by atoms with Gasteiger partial charge in [0.25, 0.3) is 0 Å². The van der Waals surface area contributed by atoms with Crippen LogP contribution < -0.4 is 10.6 Å². The first kappa shape index (κ1) is 14.8. The first-order chi connectivity index (χ1) is 9.19. The molecule has 3 nitrogen and oxygen atoms in total. The minimum Gasteiger partial charge on any atom is -0.348 e. The molecule has 0 aliphatic carbocycles. The predicted molar refractivity (Wildman–Crippen MR) is 80.7 cm³/mol. The van der Waals surface area contributed by atoms with E-state index in [2.05, 4.69) is 17.6 Å². The van der Waals surface area contributed by atoms with E-state index in [-0.39, 0.29) is 11.9 Å². The minimum atomic E-state index is 0.103. The Bertz CT molecular complexity index is 415. The van der Waals surface area contributed by atoms with Crippen molar-refractivity contribution in [2.45, 2.75) is 38.6 Å². The number of amides is 1. The summed E-state index contributed by atoms with van der Waals surface area (Å²) in [5.74, 6) is 0.824. The highest BCUT2D eigenvalue weighted by molar-refractivity contribution is 7.16. The van der Waals surface area contributed by atoms with Gasteiger partial charge in [-0.3, -0.25) is 4.79 Å². The summed E-state index contributed by atoms with van der Waals surface area (Å²) >= 11 is 7.49. The SMILES string of the molecule is CCC(NC(=O)CCC1CCNC1)c1ccc(Cl)s1. The van der Waals surface area contributed by atoms with Gasteiger partial charge in [0.05, 0.1) is 10.4 Å². The molecule has 1 aromatic heterocycles. The standard InChI is InChI=1S/C14H21ClN2OS/c1-2-11(12-4-5-13(15)19-12)17-14(18)6-3-10-7-8-16-9-10/h4-5,10-11,16H,2-3,6-9H2,1H3,(H,17,18). The van der Waals surface area contributed by atoms with Crippen LogP contribution in [0.1, 0.15) is 43.5 Å². The Kier molecular flexibility index (Phi) is 5.67. The van der Waals surface area contributed by atoms with E-state index in [4.69, 9.17) is 11.6 Å². The third-order valence-corrected chi connectivity index (χ3v) is 4.97. The molecule has 2 unspecified atom stereocenters. The first-order valence-corrected chi connectivity index (χ1v) is 8.13. The molecule has 0 radical (unpaired) electrons. The van der Waals surface area contributed by atoms with E-state index in [0.29, 0.717) is 12.3 Å². The van der Waals surface area contributed by atoms with Crippen LogP contribution in [0.2, 0.25) is 4.34 Å². The lowest BCUT2D eigenvalue weighted by molar-refractivity contribution is -0.122. The van der Waals surface area contributed by atoms with Gasteiger partial charge in [0.15, 0.2) is 0 Å². The van der Waals surface area contributed by atoms with Gasteiger partial charge in [-0.25, -0.2) is 0 Å². The van der Waals surface area contributed by atoms with Crippen molar-refractivity contribution in [3.05, 3.63) is 21.3 Å². The molecule has 0 spiro atoms. The molecule has 0 bridgehead atoms. The number of thiophene rings is 1. The highest BCUT2D eigenvalue weighted by Gasteiger charge is 2.18. The lowest BCUT2D eigenvalue weighted by Crippen LogP contribution is -2.28. The van der Waals surface area contributed by atoms with Crippen LogP contribution in [0.5, 0.6) is 0 Å². The molecule has 1 saturated heterocycles. The Morgan fingerprint density at radius 1 is 1.63 bits per heavy atom. The van der Waals surface area contributed by atoms with Gasteiger partial charge in [-0.1, -0.05) is 18.5 Å². The fraction of sp³-hybridized carbons (Fsp3) is 0.643. The van der Waals surface area contributed by atoms with Crippen molar-refractivity contribution in [3.63, 3.8) is 0 Å². The van der Waals surface area contributed by atoms with Crippen molar-refractivity contribution >= 4 is 28.8 Å². The molecule has 5 heteroatoms. The van der Waals surface area contributed by atoms with Gasteiger partial charge in [0.1, 0.15) is 0 Å². The molecule has 2 N–H and O–H groups in total. The van der Waals surface area contributed by atoms with E-state index in [1.54, 1.807) is 11.3 Å². The molecule has 2 atom stereocenters. The molecule has 1 amide bonds. The van der Waals surface area contributed by atoms with Gasteiger partial charge in [-0.05, 0) is 50.4 Å². The summed E-state index contributed by atoms with van der Waals surface area (Å²) in [6.45, 7) is 4.24. The third kappa shape index (κ3) is 4.48. The Labute approximate surface area is 123 Å². The molecular weight excluding hydrogens is 280 g/mol. The van der Waals surface area contributed by atoms with Gasteiger partial charge in [0.2, 0.25) is 5.91 Å². The van der Waals surface area contributed by atoms with Gasteiger partial charge in [-0.15, -0.1) is 11.3 Å². The fourth-order valence-electron chi connectivity index (χ4n) is 2.45. The molecule has 0 aromatic carbocycles. The van der Waals surface area contributed by atoms with Crippen LogP contribution in [-0.4, -0.2) is 19.0 Å². The highest BCUT2D eigenvalue weighted by Crippen LogP contribution is 2.28. The summed E-state index contributed by atoms with van der Waals surface area (Å²) in [6.07, 6.45) is 3.71. The third-order valence-electron chi connectivity index (χ3n) is 3.62. The average molecular weight is 301 g/mol. The summed E-state index contributed by atoms with van der Waals surface area (Å²) < 4.78 is 0.778. The van der Waals surface area contributed by atoms with Crippen molar-refractivity contribution < 1.29 is 4.79 Å². The number of nitrogens with one attached hydrogen (secondary N) is 2. The van der Waals surface area contributed by atoms with E-state index in [9.17, 15) is 4.79 Å². The number of hydrogen-bond donors (Lipinski definition) is 2. The van der Waals surface area contributed by atoms with E-state index >= 15 is 0 Å². The molecule has 106 valence electrons. The smallest absolute Gasteiger partial charge is 0.220 e. The molecule has 1 aliphatic heterocycles. The van der Waals surface area contributed by atoms with Crippen LogP contribution in [0.3, 0.4) is 0 Å². The van der Waals surface area contributed by atoms with Crippen LogP contribution >= 0.6 is 22.9 Å². The van der Waals surface area contributed by atoms with Crippen LogP contribution in [0.15, 0.2) is 12.1 Å². The van der Waals surface area contributed by atoms with Crippen molar-refractivity contribution in [1.29, 1.82) is 0 Å². The van der Waals surface area contributed by atoms with Gasteiger partial charge in [0, 0.05) is 11.3 Å². The van der Waals surface area contributed by atoms with E-state index < -0.39 is 0 Å². The average Bonchev–Trinajstić information content (AvgIpc) is 3.04. The van der Waals surface area contributed by atoms with Crippen LogP contribution in [0, 0.1) is 5.92 Å². The second-order valence-electron chi connectivity index (χ2n) is 5.07. The monoisotopic (exact) mass is 300 g/mol. The Morgan fingerprint density at radius 2 is 2.47 bits per heavy atom. The molecule has 19 heavy (non-hydrogen) atoms. The quantitative estimate of drug-likeness (QED) is 0.846. The maximum absolute atomic E-state index is 12.0. The summed E-state index contributed by atoms with van der Waals surface area (Å²) in [5, 5.41) is 6.44. The van der Waals surface area contributed by atoms with Gasteiger partial charge < -0.3 is 10.6 Å². The van der Waals surface area contributed by atoms with E-state index in [1.807, 2.05) is 12.1 Å². The molecule has 0 saturated carbocycles. The molecule has 1 aliphatic rings. The largest absolute Gasteiger partial charge is 0.348 e. The number of hydrogen-bond acceptors (Lipinski definition) is 3. The number of carbonyl (C=O) groups excluding carboxylic acids is 1. The van der Waals surface area contributed by atoms with Crippen LogP contribution in [0.25, 0.3) is 0 Å². The predicted octanol–water partition coefficient (Wildman–Crippen LogP) is 3.36. The molecule has 1 fully saturated rings. The number of carbonyl (C=O) groups is 1. The van der Waals surface area contributed by atoms with Crippen molar-refractivity contribution in [1.82, 2.24) is 10.6 Å². The van der Waals surface area contributed by atoms with E-state index in [0.717, 1.165) is 35.1 Å². The lowest BCUT2D eigenvalue weighted by Gasteiger charge is -2.16. The van der Waals surface area contributed by atoms with Gasteiger partial charge >= 0.3 is 0 Å².